The highest BCUT2D eigenvalue weighted by atomic mass is 16.5. The molecule has 1 aliphatic carbocycles. The van der Waals surface area contributed by atoms with Crippen LogP contribution in [0.2, 0.25) is 0 Å². The zero-order valence-corrected chi connectivity index (χ0v) is 10.3. The summed E-state index contributed by atoms with van der Waals surface area (Å²) in [6.45, 7) is 4.50. The summed E-state index contributed by atoms with van der Waals surface area (Å²) >= 11 is 0. The first-order valence-electron chi connectivity index (χ1n) is 5.87. The van der Waals surface area contributed by atoms with Crippen LogP contribution in [0, 0.1) is 19.8 Å². The summed E-state index contributed by atoms with van der Waals surface area (Å²) in [4.78, 5) is 0. The molecule has 1 fully saturated rings. The molecule has 0 saturated heterocycles. The van der Waals surface area contributed by atoms with Crippen molar-refractivity contribution in [3.05, 3.63) is 34.9 Å². The van der Waals surface area contributed by atoms with Crippen molar-refractivity contribution >= 4 is 0 Å². The smallest absolute Gasteiger partial charge is 0.116 e. The van der Waals surface area contributed by atoms with Crippen LogP contribution >= 0.6 is 0 Å². The quantitative estimate of drug-likeness (QED) is 0.845. The molecule has 1 unspecified atom stereocenters. The molecular formula is C14H20O2. The molecule has 2 nitrogen and oxygen atoms in total. The minimum Gasteiger partial charge on any atom is -0.382 e. The van der Waals surface area contributed by atoms with Gasteiger partial charge < -0.3 is 9.84 Å². The summed E-state index contributed by atoms with van der Waals surface area (Å²) < 4.78 is 5.21. The third kappa shape index (κ3) is 2.00. The maximum atomic E-state index is 10.8. The molecule has 16 heavy (non-hydrogen) atoms. The number of hydrogen-bond donors (Lipinski definition) is 1. The summed E-state index contributed by atoms with van der Waals surface area (Å²) in [6.07, 6.45) is 2.21. The lowest BCUT2D eigenvalue weighted by molar-refractivity contribution is -0.0537. The first-order valence-corrected chi connectivity index (χ1v) is 5.87. The molecule has 0 radical (unpaired) electrons. The van der Waals surface area contributed by atoms with Crippen molar-refractivity contribution < 1.29 is 9.84 Å². The Morgan fingerprint density at radius 2 is 2.06 bits per heavy atom. The maximum Gasteiger partial charge on any atom is 0.116 e. The molecule has 0 spiro atoms. The first-order chi connectivity index (χ1) is 7.58. The summed E-state index contributed by atoms with van der Waals surface area (Å²) in [5, 5.41) is 10.8. The van der Waals surface area contributed by atoms with Crippen LogP contribution in [-0.4, -0.2) is 18.8 Å². The van der Waals surface area contributed by atoms with Gasteiger partial charge in [-0.2, -0.15) is 0 Å². The van der Waals surface area contributed by atoms with Gasteiger partial charge in [-0.3, -0.25) is 0 Å². The van der Waals surface area contributed by atoms with Gasteiger partial charge in [0.05, 0.1) is 6.61 Å². The number of methoxy groups -OCH3 is 1. The molecule has 0 amide bonds. The molecule has 1 aromatic carbocycles. The van der Waals surface area contributed by atoms with Gasteiger partial charge in [0.1, 0.15) is 5.60 Å². The molecule has 0 aromatic heterocycles. The summed E-state index contributed by atoms with van der Waals surface area (Å²) in [5.41, 5.74) is 2.59. The average molecular weight is 220 g/mol. The third-order valence-electron chi connectivity index (χ3n) is 3.48. The van der Waals surface area contributed by atoms with E-state index in [0.717, 1.165) is 24.0 Å². The van der Waals surface area contributed by atoms with E-state index in [0.29, 0.717) is 12.5 Å². The molecule has 1 N–H and O–H groups in total. The fourth-order valence-corrected chi connectivity index (χ4v) is 2.40. The molecule has 1 aromatic rings. The van der Waals surface area contributed by atoms with Crippen LogP contribution in [0.25, 0.3) is 0 Å². The van der Waals surface area contributed by atoms with Crippen molar-refractivity contribution in [2.24, 2.45) is 5.92 Å². The maximum absolute atomic E-state index is 10.8. The van der Waals surface area contributed by atoms with E-state index in [4.69, 9.17) is 4.74 Å². The second kappa shape index (κ2) is 4.19. The lowest BCUT2D eigenvalue weighted by Crippen LogP contribution is -2.34. The second-order valence-electron chi connectivity index (χ2n) is 4.95. The fourth-order valence-electron chi connectivity index (χ4n) is 2.40. The zero-order chi connectivity index (χ0) is 11.8. The van der Waals surface area contributed by atoms with E-state index in [1.54, 1.807) is 7.11 Å². The molecule has 2 rings (SSSR count). The Morgan fingerprint density at radius 1 is 1.38 bits per heavy atom. The van der Waals surface area contributed by atoms with E-state index >= 15 is 0 Å². The Bertz CT molecular complexity index is 382. The van der Waals surface area contributed by atoms with Gasteiger partial charge in [-0.15, -0.1) is 0 Å². The normalized spacial score (nSPS) is 19.5. The van der Waals surface area contributed by atoms with Gasteiger partial charge in [-0.1, -0.05) is 23.8 Å². The highest BCUT2D eigenvalue weighted by Gasteiger charge is 2.45. The Labute approximate surface area is 97.3 Å². The molecule has 2 heteroatoms. The topological polar surface area (TPSA) is 29.5 Å². The second-order valence-corrected chi connectivity index (χ2v) is 4.95. The molecule has 1 atom stereocenters. The van der Waals surface area contributed by atoms with E-state index in [2.05, 4.69) is 32.0 Å². The number of aliphatic hydroxyl groups is 1. The predicted molar refractivity (Wildman–Crippen MR) is 64.4 cm³/mol. The number of benzene rings is 1. The third-order valence-corrected chi connectivity index (χ3v) is 3.48. The van der Waals surface area contributed by atoms with Crippen LogP contribution in [0.4, 0.5) is 0 Å². The summed E-state index contributed by atoms with van der Waals surface area (Å²) in [5.74, 6) is 0.368. The predicted octanol–water partition coefficient (Wildman–Crippen LogP) is 2.55. The lowest BCUT2D eigenvalue weighted by atomic mass is 9.85. The Morgan fingerprint density at radius 3 is 2.62 bits per heavy atom. The molecule has 0 bridgehead atoms. The molecular weight excluding hydrogens is 200 g/mol. The monoisotopic (exact) mass is 220 g/mol. The highest BCUT2D eigenvalue weighted by molar-refractivity contribution is 5.36. The highest BCUT2D eigenvalue weighted by Crippen LogP contribution is 2.46. The zero-order valence-electron chi connectivity index (χ0n) is 10.3. The van der Waals surface area contributed by atoms with Crippen molar-refractivity contribution in [3.8, 4) is 0 Å². The SMILES string of the molecule is COCC(O)(c1cc(C)ccc1C)C1CC1. The first kappa shape index (κ1) is 11.6. The molecule has 1 aliphatic rings. The van der Waals surface area contributed by atoms with E-state index in [1.807, 2.05) is 0 Å². The number of hydrogen-bond acceptors (Lipinski definition) is 2. The van der Waals surface area contributed by atoms with Crippen LogP contribution in [-0.2, 0) is 10.3 Å². The molecule has 0 heterocycles. The largest absolute Gasteiger partial charge is 0.382 e. The van der Waals surface area contributed by atoms with Crippen molar-refractivity contribution in [3.63, 3.8) is 0 Å². The van der Waals surface area contributed by atoms with E-state index in [1.165, 1.54) is 5.56 Å². The van der Waals surface area contributed by atoms with Gasteiger partial charge in [0.25, 0.3) is 0 Å². The standard InChI is InChI=1S/C14H20O2/c1-10-4-5-11(2)13(8-10)14(15,9-16-3)12-6-7-12/h4-5,8,12,15H,6-7,9H2,1-3H3. The van der Waals surface area contributed by atoms with E-state index in [-0.39, 0.29) is 0 Å². The van der Waals surface area contributed by atoms with Crippen molar-refractivity contribution in [2.75, 3.05) is 13.7 Å². The van der Waals surface area contributed by atoms with Gasteiger partial charge in [0, 0.05) is 7.11 Å². The Hall–Kier alpha value is -0.860. The Kier molecular flexibility index (Phi) is 3.04. The van der Waals surface area contributed by atoms with Gasteiger partial charge in [-0.05, 0) is 43.7 Å². The van der Waals surface area contributed by atoms with Crippen molar-refractivity contribution in [1.29, 1.82) is 0 Å². The summed E-state index contributed by atoms with van der Waals surface area (Å²) in [6, 6.07) is 6.25. The van der Waals surface area contributed by atoms with Crippen LogP contribution in [0.1, 0.15) is 29.5 Å². The van der Waals surface area contributed by atoms with Crippen LogP contribution in [0.3, 0.4) is 0 Å². The lowest BCUT2D eigenvalue weighted by Gasteiger charge is -2.30. The van der Waals surface area contributed by atoms with Crippen LogP contribution < -0.4 is 0 Å². The molecule has 0 aliphatic heterocycles. The van der Waals surface area contributed by atoms with E-state index in [9.17, 15) is 5.11 Å². The van der Waals surface area contributed by atoms with Crippen molar-refractivity contribution in [2.45, 2.75) is 32.3 Å². The number of rotatable bonds is 4. The number of aryl methyl sites for hydroxylation is 2. The van der Waals surface area contributed by atoms with Gasteiger partial charge in [-0.25, -0.2) is 0 Å². The average Bonchev–Trinajstić information content (AvgIpc) is 3.05. The van der Waals surface area contributed by atoms with Crippen LogP contribution in [0.5, 0.6) is 0 Å². The van der Waals surface area contributed by atoms with Gasteiger partial charge in [0.15, 0.2) is 0 Å². The van der Waals surface area contributed by atoms with Gasteiger partial charge in [0.2, 0.25) is 0 Å². The minimum atomic E-state index is -0.787. The molecule has 88 valence electrons. The Balaban J connectivity index is 2.41. The summed E-state index contributed by atoms with van der Waals surface area (Å²) in [7, 11) is 1.65. The van der Waals surface area contributed by atoms with Crippen molar-refractivity contribution in [1.82, 2.24) is 0 Å². The van der Waals surface area contributed by atoms with Gasteiger partial charge >= 0.3 is 0 Å². The number of ether oxygens (including phenoxy) is 1. The fraction of sp³-hybridized carbons (Fsp3) is 0.571. The van der Waals surface area contributed by atoms with E-state index < -0.39 is 5.60 Å². The van der Waals surface area contributed by atoms with Crippen LogP contribution in [0.15, 0.2) is 18.2 Å². The minimum absolute atomic E-state index is 0.368. The molecule has 1 saturated carbocycles.